The first-order valence-corrected chi connectivity index (χ1v) is 5.61. The monoisotopic (exact) mass is 225 g/mol. The minimum Gasteiger partial charge on any atom is -0.351 e. The van der Waals surface area contributed by atoms with Gasteiger partial charge >= 0.3 is 0 Å². The van der Waals surface area contributed by atoms with Crippen LogP contribution in [0.4, 0.5) is 0 Å². The van der Waals surface area contributed by atoms with E-state index in [-0.39, 0.29) is 11.7 Å². The number of aromatic nitrogens is 1. The molecule has 1 amide bonds. The molecule has 0 unspecified atom stereocenters. The van der Waals surface area contributed by atoms with Gasteiger partial charge in [0.1, 0.15) is 0 Å². The Labute approximate surface area is 95.8 Å². The highest BCUT2D eigenvalue weighted by Crippen LogP contribution is 2.01. The number of aryl methyl sites for hydroxylation is 1. The van der Waals surface area contributed by atoms with Gasteiger partial charge < -0.3 is 14.7 Å². The number of nitrogens with zero attached hydrogens (tertiary/aromatic N) is 2. The lowest BCUT2D eigenvalue weighted by Crippen LogP contribution is -2.34. The minimum absolute atomic E-state index is 0.201. The molecule has 0 aromatic carbocycles. The van der Waals surface area contributed by atoms with Crippen molar-refractivity contribution in [3.63, 3.8) is 0 Å². The number of amides is 1. The molecule has 0 atom stereocenters. The second-order valence-electron chi connectivity index (χ2n) is 3.62. The van der Waals surface area contributed by atoms with Crippen LogP contribution in [0.2, 0.25) is 0 Å². The van der Waals surface area contributed by atoms with Gasteiger partial charge in [-0.15, -0.1) is 0 Å². The van der Waals surface area contributed by atoms with E-state index in [2.05, 4.69) is 29.2 Å². The highest BCUT2D eigenvalue weighted by atomic mass is 16.5. The molecule has 90 valence electrons. The summed E-state index contributed by atoms with van der Waals surface area (Å²) in [4.78, 5) is 13.8. The van der Waals surface area contributed by atoms with Crippen LogP contribution in [0.3, 0.4) is 0 Å². The van der Waals surface area contributed by atoms with Crippen molar-refractivity contribution in [2.45, 2.75) is 20.8 Å². The molecule has 1 heterocycles. The van der Waals surface area contributed by atoms with Crippen molar-refractivity contribution >= 4 is 5.91 Å². The Kier molecular flexibility index (Phi) is 4.98. The van der Waals surface area contributed by atoms with Crippen molar-refractivity contribution in [1.29, 1.82) is 0 Å². The number of carbonyl (C=O) groups is 1. The molecular formula is C11H19N3O2. The van der Waals surface area contributed by atoms with E-state index in [4.69, 9.17) is 4.52 Å². The van der Waals surface area contributed by atoms with Crippen LogP contribution in [0.15, 0.2) is 10.6 Å². The Hall–Kier alpha value is -1.36. The normalized spacial score (nSPS) is 10.8. The zero-order valence-corrected chi connectivity index (χ0v) is 10.1. The second-order valence-corrected chi connectivity index (χ2v) is 3.62. The first-order chi connectivity index (χ1) is 7.67. The van der Waals surface area contributed by atoms with E-state index in [0.717, 1.165) is 19.6 Å². The summed E-state index contributed by atoms with van der Waals surface area (Å²) in [6, 6.07) is 1.63. The highest BCUT2D eigenvalue weighted by Gasteiger charge is 2.10. The molecule has 16 heavy (non-hydrogen) atoms. The van der Waals surface area contributed by atoms with Crippen LogP contribution in [-0.2, 0) is 0 Å². The molecule has 5 nitrogen and oxygen atoms in total. The lowest BCUT2D eigenvalue weighted by Gasteiger charge is -2.17. The molecule has 1 rings (SSSR count). The number of rotatable bonds is 6. The molecule has 0 fully saturated rings. The molecule has 0 aliphatic heterocycles. The van der Waals surface area contributed by atoms with Crippen LogP contribution in [0.5, 0.6) is 0 Å². The summed E-state index contributed by atoms with van der Waals surface area (Å²) in [7, 11) is 0. The van der Waals surface area contributed by atoms with Crippen LogP contribution < -0.4 is 5.32 Å². The summed E-state index contributed by atoms with van der Waals surface area (Å²) in [6.07, 6.45) is 0. The molecule has 0 aliphatic carbocycles. The number of hydrogen-bond acceptors (Lipinski definition) is 4. The molecule has 5 heteroatoms. The summed E-state index contributed by atoms with van der Waals surface area (Å²) >= 11 is 0. The van der Waals surface area contributed by atoms with Gasteiger partial charge in [-0.05, 0) is 20.0 Å². The van der Waals surface area contributed by atoms with Gasteiger partial charge in [0.15, 0.2) is 0 Å². The van der Waals surface area contributed by atoms with E-state index in [1.807, 2.05) is 0 Å². The minimum atomic E-state index is -0.201. The van der Waals surface area contributed by atoms with Crippen molar-refractivity contribution in [1.82, 2.24) is 15.4 Å². The topological polar surface area (TPSA) is 58.4 Å². The molecule has 0 aliphatic rings. The molecule has 1 aromatic rings. The van der Waals surface area contributed by atoms with Gasteiger partial charge in [0.25, 0.3) is 5.91 Å². The van der Waals surface area contributed by atoms with Crippen LogP contribution >= 0.6 is 0 Å². The van der Waals surface area contributed by atoms with Gasteiger partial charge in [-0.3, -0.25) is 4.79 Å². The third-order valence-electron chi connectivity index (χ3n) is 2.46. The lowest BCUT2D eigenvalue weighted by molar-refractivity contribution is 0.0912. The van der Waals surface area contributed by atoms with E-state index >= 15 is 0 Å². The average molecular weight is 225 g/mol. The van der Waals surface area contributed by atoms with Crippen molar-refractivity contribution in [2.24, 2.45) is 0 Å². The second kappa shape index (κ2) is 6.27. The van der Waals surface area contributed by atoms with Crippen molar-refractivity contribution in [3.05, 3.63) is 17.5 Å². The predicted molar refractivity (Wildman–Crippen MR) is 61.4 cm³/mol. The summed E-state index contributed by atoms with van der Waals surface area (Å²) in [5.74, 6) is 0.0739. The van der Waals surface area contributed by atoms with Crippen molar-refractivity contribution in [3.8, 4) is 0 Å². The van der Waals surface area contributed by atoms with Gasteiger partial charge in [0.05, 0.1) is 5.69 Å². The molecule has 0 bridgehead atoms. The Morgan fingerprint density at radius 1 is 1.50 bits per heavy atom. The highest BCUT2D eigenvalue weighted by molar-refractivity contribution is 5.91. The molecular weight excluding hydrogens is 206 g/mol. The maximum Gasteiger partial charge on any atom is 0.289 e. The van der Waals surface area contributed by atoms with E-state index in [1.165, 1.54) is 0 Å². The fourth-order valence-corrected chi connectivity index (χ4v) is 1.43. The molecule has 0 saturated heterocycles. The van der Waals surface area contributed by atoms with E-state index < -0.39 is 0 Å². The number of likely N-dealkylation sites (N-methyl/N-ethyl adjacent to an activating group) is 1. The molecule has 1 N–H and O–H groups in total. The van der Waals surface area contributed by atoms with Crippen LogP contribution in [0.1, 0.15) is 30.1 Å². The van der Waals surface area contributed by atoms with E-state index in [1.54, 1.807) is 13.0 Å². The maximum absolute atomic E-state index is 11.6. The van der Waals surface area contributed by atoms with Gasteiger partial charge in [0, 0.05) is 19.2 Å². The summed E-state index contributed by atoms with van der Waals surface area (Å²) in [5.41, 5.74) is 0.717. The van der Waals surface area contributed by atoms with Gasteiger partial charge in [-0.1, -0.05) is 19.0 Å². The maximum atomic E-state index is 11.6. The molecule has 0 radical (unpaired) electrons. The van der Waals surface area contributed by atoms with Crippen molar-refractivity contribution < 1.29 is 9.32 Å². The zero-order chi connectivity index (χ0) is 12.0. The predicted octanol–water partition coefficient (Wildman–Crippen LogP) is 1.05. The fraction of sp³-hybridized carbons (Fsp3) is 0.636. The first kappa shape index (κ1) is 12.7. The lowest BCUT2D eigenvalue weighted by atomic mass is 10.3. The number of carbonyl (C=O) groups excluding carboxylic acids is 1. The SMILES string of the molecule is CCN(CC)CCNC(=O)c1cc(C)no1. The van der Waals surface area contributed by atoms with Gasteiger partial charge in [0.2, 0.25) is 5.76 Å². The first-order valence-electron chi connectivity index (χ1n) is 5.61. The van der Waals surface area contributed by atoms with Crippen molar-refractivity contribution in [2.75, 3.05) is 26.2 Å². The molecule has 0 spiro atoms. The van der Waals surface area contributed by atoms with Gasteiger partial charge in [-0.25, -0.2) is 0 Å². The molecule has 1 aromatic heterocycles. The summed E-state index contributed by atoms with van der Waals surface area (Å²) in [6.45, 7) is 9.46. The van der Waals surface area contributed by atoms with Crippen LogP contribution in [0.25, 0.3) is 0 Å². The Balaban J connectivity index is 2.30. The van der Waals surface area contributed by atoms with Crippen LogP contribution in [0, 0.1) is 6.92 Å². The third kappa shape index (κ3) is 3.66. The van der Waals surface area contributed by atoms with Gasteiger partial charge in [-0.2, -0.15) is 0 Å². The standard InChI is InChI=1S/C11H19N3O2/c1-4-14(5-2)7-6-12-11(15)10-8-9(3)13-16-10/h8H,4-7H2,1-3H3,(H,12,15). The largest absolute Gasteiger partial charge is 0.351 e. The van der Waals surface area contributed by atoms with Crippen LogP contribution in [-0.4, -0.2) is 42.1 Å². The van der Waals surface area contributed by atoms with E-state index in [0.29, 0.717) is 12.2 Å². The Morgan fingerprint density at radius 3 is 2.69 bits per heavy atom. The summed E-state index contributed by atoms with van der Waals surface area (Å²) < 4.78 is 4.86. The molecule has 0 saturated carbocycles. The third-order valence-corrected chi connectivity index (χ3v) is 2.46. The quantitative estimate of drug-likeness (QED) is 0.786. The number of hydrogen-bond donors (Lipinski definition) is 1. The summed E-state index contributed by atoms with van der Waals surface area (Å²) in [5, 5.41) is 6.46. The number of nitrogens with one attached hydrogen (secondary N) is 1. The fourth-order valence-electron chi connectivity index (χ4n) is 1.43. The zero-order valence-electron chi connectivity index (χ0n) is 10.1. The Bertz CT molecular complexity index is 332. The average Bonchev–Trinajstić information content (AvgIpc) is 2.71. The van der Waals surface area contributed by atoms with E-state index in [9.17, 15) is 4.79 Å². The smallest absolute Gasteiger partial charge is 0.289 e. The Morgan fingerprint density at radius 2 is 2.19 bits per heavy atom.